The first-order valence-electron chi connectivity index (χ1n) is 16.4. The molecule has 10 aromatic rings. The highest BCUT2D eigenvalue weighted by atomic mass is 32.1. The number of hydrogen-bond donors (Lipinski definition) is 0. The van der Waals surface area contributed by atoms with E-state index in [0.717, 1.165) is 11.4 Å². The molecule has 0 amide bonds. The van der Waals surface area contributed by atoms with Crippen molar-refractivity contribution in [2.45, 2.75) is 0 Å². The topological polar surface area (TPSA) is 3.24 Å². The minimum Gasteiger partial charge on any atom is -0.310 e. The molecular weight excluding hydrogens is 599 g/mol. The lowest BCUT2D eigenvalue weighted by Gasteiger charge is -2.27. The smallest absolute Gasteiger partial charge is 0.0540 e. The minimum absolute atomic E-state index is 1.13. The highest BCUT2D eigenvalue weighted by Crippen LogP contribution is 2.43. The van der Waals surface area contributed by atoms with Crippen LogP contribution in [0, 0.1) is 0 Å². The van der Waals surface area contributed by atoms with Crippen molar-refractivity contribution < 1.29 is 0 Å². The fourth-order valence-electron chi connectivity index (χ4n) is 7.50. The van der Waals surface area contributed by atoms with E-state index in [0.29, 0.717) is 0 Å². The lowest BCUT2D eigenvalue weighted by atomic mass is 9.94. The van der Waals surface area contributed by atoms with E-state index in [9.17, 15) is 0 Å². The number of anilines is 3. The van der Waals surface area contributed by atoms with Crippen molar-refractivity contribution >= 4 is 91.7 Å². The molecule has 0 aliphatic rings. The fraction of sp³-hybridized carbons (Fsp3) is 0. The molecular formula is C46H29NS. The van der Waals surface area contributed by atoms with Gasteiger partial charge in [-0.1, -0.05) is 121 Å². The molecule has 0 saturated carbocycles. The van der Waals surface area contributed by atoms with Gasteiger partial charge in [0.05, 0.1) is 5.69 Å². The average Bonchev–Trinajstić information content (AvgIpc) is 3.52. The van der Waals surface area contributed by atoms with E-state index in [2.05, 4.69) is 181 Å². The summed E-state index contributed by atoms with van der Waals surface area (Å²) in [6.07, 6.45) is 0. The predicted molar refractivity (Wildman–Crippen MR) is 209 cm³/mol. The highest BCUT2D eigenvalue weighted by molar-refractivity contribution is 7.25. The van der Waals surface area contributed by atoms with Crippen LogP contribution in [0.15, 0.2) is 176 Å². The third kappa shape index (κ3) is 4.31. The first-order valence-corrected chi connectivity index (χ1v) is 17.2. The van der Waals surface area contributed by atoms with Gasteiger partial charge < -0.3 is 4.90 Å². The molecule has 0 spiro atoms. The van der Waals surface area contributed by atoms with E-state index in [4.69, 9.17) is 0 Å². The van der Waals surface area contributed by atoms with Crippen LogP contribution in [-0.4, -0.2) is 0 Å². The Morgan fingerprint density at radius 1 is 0.333 bits per heavy atom. The van der Waals surface area contributed by atoms with Gasteiger partial charge >= 0.3 is 0 Å². The second-order valence-corrected chi connectivity index (χ2v) is 13.6. The highest BCUT2D eigenvalue weighted by Gasteiger charge is 2.17. The van der Waals surface area contributed by atoms with Crippen LogP contribution in [0.25, 0.3) is 74.4 Å². The average molecular weight is 628 g/mol. The Morgan fingerprint density at radius 2 is 0.979 bits per heavy atom. The number of rotatable bonds is 4. The summed E-state index contributed by atoms with van der Waals surface area (Å²) in [7, 11) is 0. The summed E-state index contributed by atoms with van der Waals surface area (Å²) in [6, 6.07) is 64.5. The molecule has 0 bridgehead atoms. The van der Waals surface area contributed by atoms with Crippen molar-refractivity contribution in [1.82, 2.24) is 0 Å². The number of fused-ring (bicyclic) bond motifs is 9. The van der Waals surface area contributed by atoms with Crippen LogP contribution >= 0.6 is 11.3 Å². The van der Waals surface area contributed by atoms with Gasteiger partial charge in [-0.2, -0.15) is 0 Å². The predicted octanol–water partition coefficient (Wildman–Crippen LogP) is 13.8. The molecule has 1 aromatic heterocycles. The Hall–Kier alpha value is -5.96. The van der Waals surface area contributed by atoms with Crippen LogP contribution in [0.2, 0.25) is 0 Å². The van der Waals surface area contributed by atoms with Gasteiger partial charge in [0.15, 0.2) is 0 Å². The fourth-order valence-corrected chi connectivity index (χ4v) is 8.63. The summed E-state index contributed by atoms with van der Waals surface area (Å²) in [4.78, 5) is 2.39. The van der Waals surface area contributed by atoms with E-state index in [1.54, 1.807) is 0 Å². The zero-order valence-electron chi connectivity index (χ0n) is 26.1. The molecule has 1 nitrogen and oxygen atoms in total. The van der Waals surface area contributed by atoms with E-state index in [-0.39, 0.29) is 0 Å². The van der Waals surface area contributed by atoms with Crippen molar-refractivity contribution in [2.24, 2.45) is 0 Å². The van der Waals surface area contributed by atoms with Crippen molar-refractivity contribution in [3.05, 3.63) is 176 Å². The third-order valence-electron chi connectivity index (χ3n) is 9.79. The molecule has 10 rings (SSSR count). The first kappa shape index (κ1) is 27.2. The number of nitrogens with zero attached hydrogens (tertiary/aromatic N) is 1. The monoisotopic (exact) mass is 627 g/mol. The van der Waals surface area contributed by atoms with E-state index in [1.165, 1.54) is 80.1 Å². The molecule has 0 aliphatic heterocycles. The molecule has 1 heterocycles. The quantitative estimate of drug-likeness (QED) is 0.176. The van der Waals surface area contributed by atoms with Gasteiger partial charge in [0, 0.05) is 36.9 Å². The molecule has 9 aromatic carbocycles. The Morgan fingerprint density at radius 3 is 1.85 bits per heavy atom. The summed E-state index contributed by atoms with van der Waals surface area (Å²) < 4.78 is 2.65. The lowest BCUT2D eigenvalue weighted by Crippen LogP contribution is -2.10. The van der Waals surface area contributed by atoms with Gasteiger partial charge in [0.25, 0.3) is 0 Å². The Kier molecular flexibility index (Phi) is 6.12. The number of benzene rings is 9. The molecule has 48 heavy (non-hydrogen) atoms. The van der Waals surface area contributed by atoms with Gasteiger partial charge in [-0.15, -0.1) is 11.3 Å². The van der Waals surface area contributed by atoms with Gasteiger partial charge in [-0.3, -0.25) is 0 Å². The second kappa shape index (κ2) is 10.8. The van der Waals surface area contributed by atoms with Crippen LogP contribution < -0.4 is 4.90 Å². The molecule has 2 heteroatoms. The van der Waals surface area contributed by atoms with Crippen molar-refractivity contribution in [1.29, 1.82) is 0 Å². The summed E-state index contributed by atoms with van der Waals surface area (Å²) in [6.45, 7) is 0. The second-order valence-electron chi connectivity index (χ2n) is 12.5. The molecule has 0 aliphatic carbocycles. The standard InChI is InChI=1S/C46H29NS/c1-2-11-36(12-3-1)47(43-15-8-10-34-28-42-40-14-6-7-16-44(40)48-45(42)29-41(34)43)37-24-21-30(22-25-37)33-23-26-39-35(27-33)20-19-32-18-17-31-9-4-5-13-38(31)46(32)39/h1-29H. The number of thiophene rings is 1. The van der Waals surface area contributed by atoms with Crippen LogP contribution in [0.3, 0.4) is 0 Å². The summed E-state index contributed by atoms with van der Waals surface area (Å²) in [5.41, 5.74) is 5.87. The zero-order chi connectivity index (χ0) is 31.6. The summed E-state index contributed by atoms with van der Waals surface area (Å²) in [5.74, 6) is 0. The number of para-hydroxylation sites is 1. The molecule has 0 unspecified atom stereocenters. The molecule has 0 fully saturated rings. The van der Waals surface area contributed by atoms with Crippen molar-refractivity contribution in [2.75, 3.05) is 4.90 Å². The van der Waals surface area contributed by atoms with Crippen molar-refractivity contribution in [3.63, 3.8) is 0 Å². The Balaban J connectivity index is 1.09. The maximum Gasteiger partial charge on any atom is 0.0540 e. The zero-order valence-corrected chi connectivity index (χ0v) is 26.9. The van der Waals surface area contributed by atoms with Gasteiger partial charge in [-0.25, -0.2) is 0 Å². The molecule has 0 N–H and O–H groups in total. The van der Waals surface area contributed by atoms with Crippen LogP contribution in [0.1, 0.15) is 0 Å². The van der Waals surface area contributed by atoms with Crippen molar-refractivity contribution in [3.8, 4) is 11.1 Å². The maximum absolute atomic E-state index is 2.39. The summed E-state index contributed by atoms with van der Waals surface area (Å²) in [5, 5.41) is 12.9. The first-order chi connectivity index (χ1) is 23.8. The van der Waals surface area contributed by atoms with Gasteiger partial charge in [-0.05, 0) is 103 Å². The molecule has 0 atom stereocenters. The van der Waals surface area contributed by atoms with E-state index in [1.807, 2.05) is 11.3 Å². The molecule has 0 radical (unpaired) electrons. The van der Waals surface area contributed by atoms with Crippen LogP contribution in [0.4, 0.5) is 17.1 Å². The van der Waals surface area contributed by atoms with E-state index >= 15 is 0 Å². The molecule has 0 saturated heterocycles. The van der Waals surface area contributed by atoms with Gasteiger partial charge in [0.1, 0.15) is 0 Å². The third-order valence-corrected chi connectivity index (χ3v) is 10.9. The largest absolute Gasteiger partial charge is 0.310 e. The van der Waals surface area contributed by atoms with Crippen LogP contribution in [-0.2, 0) is 0 Å². The van der Waals surface area contributed by atoms with E-state index < -0.39 is 0 Å². The minimum atomic E-state index is 1.13. The maximum atomic E-state index is 2.39. The Labute approximate surface area is 282 Å². The Bertz CT molecular complexity index is 2830. The summed E-state index contributed by atoms with van der Waals surface area (Å²) >= 11 is 1.87. The lowest BCUT2D eigenvalue weighted by molar-refractivity contribution is 1.30. The normalized spacial score (nSPS) is 11.8. The molecule has 224 valence electrons. The van der Waals surface area contributed by atoms with Gasteiger partial charge in [0.2, 0.25) is 0 Å². The number of hydrogen-bond acceptors (Lipinski definition) is 2. The van der Waals surface area contributed by atoms with Crippen LogP contribution in [0.5, 0.6) is 0 Å². The SMILES string of the molecule is c1ccc(N(c2ccc(-c3ccc4c(ccc5ccc6ccccc6c54)c3)cc2)c2cccc3cc4c(cc23)sc2ccccc24)cc1.